The third-order valence-electron chi connectivity index (χ3n) is 1.13. The number of pyridine rings is 1. The van der Waals surface area contributed by atoms with Crippen LogP contribution >= 0.6 is 0 Å². The van der Waals surface area contributed by atoms with Gasteiger partial charge in [-0.25, -0.2) is 0 Å². The lowest BCUT2D eigenvalue weighted by Crippen LogP contribution is -2.20. The third-order valence-corrected chi connectivity index (χ3v) is 2.97. The van der Waals surface area contributed by atoms with Crippen molar-refractivity contribution in [2.75, 3.05) is 5.73 Å². The Morgan fingerprint density at radius 3 is 3.10 bits per heavy atom. The van der Waals surface area contributed by atoms with Crippen LogP contribution in [0.25, 0.3) is 0 Å². The Bertz CT molecular complexity index is 219. The first kappa shape index (κ1) is 7.45. The summed E-state index contributed by atoms with van der Waals surface area (Å²) < 4.78 is 5.14. The van der Waals surface area contributed by atoms with Crippen molar-refractivity contribution >= 4 is 31.3 Å². The molecular weight excluding hydrogens is 160 g/mol. The van der Waals surface area contributed by atoms with E-state index in [2.05, 4.69) is 4.98 Å². The molecule has 3 nitrogen and oxygen atoms in total. The molecule has 0 aromatic carbocycles. The number of hydrogen-bond acceptors (Lipinski definition) is 3. The zero-order chi connectivity index (χ0) is 7.40. The SMILES string of the molecule is Nc1ccnc([SiH2]O[SiH3])c1. The lowest BCUT2D eigenvalue weighted by Gasteiger charge is -1.97. The molecule has 0 aliphatic carbocycles. The fraction of sp³-hybridized carbons (Fsp3) is 0. The quantitative estimate of drug-likeness (QED) is 0.507. The highest BCUT2D eigenvalue weighted by Crippen LogP contribution is 1.92. The first-order valence-electron chi connectivity index (χ1n) is 3.02. The molecule has 0 aliphatic rings. The monoisotopic (exact) mass is 170 g/mol. The zero-order valence-electron chi connectivity index (χ0n) is 5.87. The van der Waals surface area contributed by atoms with Crippen molar-refractivity contribution in [2.24, 2.45) is 0 Å². The molecule has 0 spiro atoms. The fourth-order valence-corrected chi connectivity index (χ4v) is 2.41. The van der Waals surface area contributed by atoms with Crippen LogP contribution in [0.1, 0.15) is 0 Å². The molecule has 2 N–H and O–H groups in total. The average molecular weight is 170 g/mol. The summed E-state index contributed by atoms with van der Waals surface area (Å²) in [5.74, 6) is 0. The van der Waals surface area contributed by atoms with Crippen molar-refractivity contribution in [3.63, 3.8) is 0 Å². The molecule has 5 heteroatoms. The van der Waals surface area contributed by atoms with Crippen LogP contribution in [-0.2, 0) is 4.12 Å². The Morgan fingerprint density at radius 1 is 1.70 bits per heavy atom. The molecule has 54 valence electrons. The lowest BCUT2D eigenvalue weighted by atomic mass is 10.4. The number of nitrogens with zero attached hydrogens (tertiary/aromatic N) is 1. The summed E-state index contributed by atoms with van der Waals surface area (Å²) in [4.78, 5) is 4.11. The summed E-state index contributed by atoms with van der Waals surface area (Å²) in [6.45, 7) is 0. The van der Waals surface area contributed by atoms with Gasteiger partial charge in [0.25, 0.3) is 0 Å². The molecule has 0 fully saturated rings. The normalized spacial score (nSPS) is 11.2. The molecule has 0 amide bonds. The minimum Gasteiger partial charge on any atom is -0.464 e. The van der Waals surface area contributed by atoms with Gasteiger partial charge in [-0.1, -0.05) is 0 Å². The average Bonchev–Trinajstić information content (AvgIpc) is 1.88. The van der Waals surface area contributed by atoms with Crippen molar-refractivity contribution in [1.82, 2.24) is 4.98 Å². The fourth-order valence-electron chi connectivity index (χ4n) is 0.724. The number of nitrogens with two attached hydrogens (primary N) is 1. The van der Waals surface area contributed by atoms with Crippen molar-refractivity contribution < 1.29 is 4.12 Å². The topological polar surface area (TPSA) is 48.1 Å². The van der Waals surface area contributed by atoms with E-state index in [9.17, 15) is 0 Å². The van der Waals surface area contributed by atoms with Crippen molar-refractivity contribution in [3.8, 4) is 0 Å². The van der Waals surface area contributed by atoms with Gasteiger partial charge < -0.3 is 9.85 Å². The minimum absolute atomic E-state index is 0.552. The van der Waals surface area contributed by atoms with E-state index < -0.39 is 9.76 Å². The van der Waals surface area contributed by atoms with Crippen LogP contribution < -0.4 is 11.1 Å². The van der Waals surface area contributed by atoms with Gasteiger partial charge >= 0.3 is 0 Å². The van der Waals surface area contributed by atoms with Crippen LogP contribution in [0.4, 0.5) is 5.69 Å². The van der Waals surface area contributed by atoms with Gasteiger partial charge in [0.15, 0.2) is 9.76 Å². The molecule has 0 atom stereocenters. The number of rotatable bonds is 2. The predicted octanol–water partition coefficient (Wildman–Crippen LogP) is -2.33. The molecule has 0 bridgehead atoms. The van der Waals surface area contributed by atoms with Gasteiger partial charge in [0.2, 0.25) is 0 Å². The highest BCUT2D eigenvalue weighted by atomic mass is 28.3. The van der Waals surface area contributed by atoms with E-state index in [1.807, 2.05) is 6.07 Å². The maximum Gasteiger partial charge on any atom is 0.199 e. The predicted molar refractivity (Wildman–Crippen MR) is 47.9 cm³/mol. The van der Waals surface area contributed by atoms with E-state index >= 15 is 0 Å². The molecular formula is C5H10N2OSi2. The Kier molecular flexibility index (Phi) is 2.61. The second kappa shape index (κ2) is 3.50. The lowest BCUT2D eigenvalue weighted by molar-refractivity contribution is 0.675. The van der Waals surface area contributed by atoms with Crippen LogP contribution in [-0.4, -0.2) is 25.2 Å². The third kappa shape index (κ3) is 1.94. The Hall–Kier alpha value is -0.656. The van der Waals surface area contributed by atoms with E-state index in [1.54, 1.807) is 12.3 Å². The first-order chi connectivity index (χ1) is 4.83. The molecule has 0 unspecified atom stereocenters. The highest BCUT2D eigenvalue weighted by Gasteiger charge is 1.92. The van der Waals surface area contributed by atoms with E-state index in [-0.39, 0.29) is 0 Å². The molecule has 0 radical (unpaired) electrons. The molecule has 1 aromatic heterocycles. The maximum absolute atomic E-state index is 5.53. The number of hydrogen-bond donors (Lipinski definition) is 1. The summed E-state index contributed by atoms with van der Waals surface area (Å²) in [7, 11) is 0.251. The standard InChI is InChI=1S/C5H10N2OSi2/c6-4-1-2-7-5(3-4)10-8-9/h1-3H,10H2,9H3,(H2,6,7). The molecule has 10 heavy (non-hydrogen) atoms. The highest BCUT2D eigenvalue weighted by molar-refractivity contribution is 6.49. The van der Waals surface area contributed by atoms with Crippen LogP contribution in [0.3, 0.4) is 0 Å². The molecule has 1 aromatic rings. The van der Waals surface area contributed by atoms with Gasteiger partial charge in [0, 0.05) is 17.2 Å². The molecule has 0 aliphatic heterocycles. The van der Waals surface area contributed by atoms with Crippen LogP contribution in [0, 0.1) is 0 Å². The van der Waals surface area contributed by atoms with Crippen molar-refractivity contribution in [1.29, 1.82) is 0 Å². The second-order valence-electron chi connectivity index (χ2n) is 2.01. The van der Waals surface area contributed by atoms with Gasteiger partial charge in [-0.15, -0.1) is 0 Å². The summed E-state index contributed by atoms with van der Waals surface area (Å²) in [6, 6.07) is 3.66. The minimum atomic E-state index is -0.552. The number of anilines is 1. The Morgan fingerprint density at radius 2 is 2.50 bits per heavy atom. The van der Waals surface area contributed by atoms with Crippen LogP contribution in [0.2, 0.25) is 0 Å². The van der Waals surface area contributed by atoms with Gasteiger partial charge in [-0.2, -0.15) is 0 Å². The first-order valence-corrected chi connectivity index (χ1v) is 5.12. The van der Waals surface area contributed by atoms with Crippen LogP contribution in [0.15, 0.2) is 18.3 Å². The Balaban J connectivity index is 2.75. The van der Waals surface area contributed by atoms with Crippen molar-refractivity contribution in [2.45, 2.75) is 0 Å². The molecule has 1 rings (SSSR count). The van der Waals surface area contributed by atoms with Crippen LogP contribution in [0.5, 0.6) is 0 Å². The molecule has 1 heterocycles. The smallest absolute Gasteiger partial charge is 0.199 e. The van der Waals surface area contributed by atoms with Gasteiger partial charge in [0.1, 0.15) is 10.5 Å². The summed E-state index contributed by atoms with van der Waals surface area (Å²) >= 11 is 0. The van der Waals surface area contributed by atoms with E-state index in [0.29, 0.717) is 0 Å². The zero-order valence-corrected chi connectivity index (χ0v) is 9.29. The second-order valence-corrected chi connectivity index (χ2v) is 5.34. The van der Waals surface area contributed by atoms with Gasteiger partial charge in [-0.05, 0) is 12.1 Å². The molecule has 0 saturated carbocycles. The van der Waals surface area contributed by atoms with Gasteiger partial charge in [0.05, 0.1) is 0 Å². The van der Waals surface area contributed by atoms with Crippen molar-refractivity contribution in [3.05, 3.63) is 18.3 Å². The Labute approximate surface area is 65.1 Å². The van der Waals surface area contributed by atoms with E-state index in [0.717, 1.165) is 21.5 Å². The number of nitrogen functional groups attached to an aromatic ring is 1. The maximum atomic E-state index is 5.53. The molecule has 0 saturated heterocycles. The largest absolute Gasteiger partial charge is 0.464 e. The number of aromatic nitrogens is 1. The summed E-state index contributed by atoms with van der Waals surface area (Å²) in [5.41, 5.74) is 6.30. The summed E-state index contributed by atoms with van der Waals surface area (Å²) in [5, 5.41) is 1.04. The van der Waals surface area contributed by atoms with E-state index in [4.69, 9.17) is 9.85 Å². The van der Waals surface area contributed by atoms with Gasteiger partial charge in [-0.3, -0.25) is 4.98 Å². The summed E-state index contributed by atoms with van der Waals surface area (Å²) in [6.07, 6.45) is 1.72. The van der Waals surface area contributed by atoms with E-state index in [1.165, 1.54) is 0 Å².